The van der Waals surface area contributed by atoms with Crippen LogP contribution in [-0.2, 0) is 4.74 Å². The van der Waals surface area contributed by atoms with E-state index < -0.39 is 24.7 Å². The van der Waals surface area contributed by atoms with Crippen LogP contribution in [0.5, 0.6) is 11.5 Å². The molecule has 1 aliphatic heterocycles. The first-order chi connectivity index (χ1) is 8.88. The second-order valence-electron chi connectivity index (χ2n) is 3.99. The molecule has 104 valence electrons. The lowest BCUT2D eigenvalue weighted by molar-refractivity contribution is -0.210. The minimum Gasteiger partial charge on any atom is -0.454 e. The number of carbonyl (C=O) groups excluding carboxylic acids is 1. The number of benzene rings is 1. The molecule has 0 spiro atoms. The Morgan fingerprint density at radius 3 is 2.74 bits per heavy atom. The standard InChI is InChI=1S/C12H11F3O4/c1-7(12(13,14)15)17-5-9(16)8-2-3-10-11(4-8)19-6-18-10/h2-4,7H,5-6H2,1H3. The molecule has 4 nitrogen and oxygen atoms in total. The Hall–Kier alpha value is -1.76. The highest BCUT2D eigenvalue weighted by atomic mass is 19.4. The number of Topliss-reactive ketones (excluding diaryl/α,β-unsaturated/α-hetero) is 1. The Bertz CT molecular complexity index is 484. The van der Waals surface area contributed by atoms with Gasteiger partial charge in [0.25, 0.3) is 0 Å². The molecule has 1 heterocycles. The van der Waals surface area contributed by atoms with E-state index in [-0.39, 0.29) is 12.4 Å². The van der Waals surface area contributed by atoms with Gasteiger partial charge < -0.3 is 14.2 Å². The van der Waals surface area contributed by atoms with E-state index in [4.69, 9.17) is 9.47 Å². The van der Waals surface area contributed by atoms with Crippen LogP contribution in [0.3, 0.4) is 0 Å². The van der Waals surface area contributed by atoms with E-state index in [2.05, 4.69) is 4.74 Å². The normalized spacial score (nSPS) is 15.4. The maximum Gasteiger partial charge on any atom is 0.414 e. The highest BCUT2D eigenvalue weighted by molar-refractivity contribution is 5.97. The molecular formula is C12H11F3O4. The number of carbonyl (C=O) groups is 1. The molecule has 0 amide bonds. The van der Waals surface area contributed by atoms with Crippen molar-refractivity contribution in [2.75, 3.05) is 13.4 Å². The molecule has 7 heteroatoms. The molecule has 2 rings (SSSR count). The van der Waals surface area contributed by atoms with Crippen LogP contribution in [0.2, 0.25) is 0 Å². The number of alkyl halides is 3. The van der Waals surface area contributed by atoms with Gasteiger partial charge in [0, 0.05) is 5.56 Å². The van der Waals surface area contributed by atoms with E-state index >= 15 is 0 Å². The van der Waals surface area contributed by atoms with Crippen LogP contribution in [0.15, 0.2) is 18.2 Å². The quantitative estimate of drug-likeness (QED) is 0.793. The Balaban J connectivity index is 1.97. The van der Waals surface area contributed by atoms with Crippen LogP contribution < -0.4 is 9.47 Å². The van der Waals surface area contributed by atoms with Gasteiger partial charge in [-0.15, -0.1) is 0 Å². The molecule has 0 N–H and O–H groups in total. The number of halogens is 3. The number of fused-ring (bicyclic) bond motifs is 1. The first kappa shape index (κ1) is 13.7. The average Bonchev–Trinajstić information content (AvgIpc) is 2.81. The van der Waals surface area contributed by atoms with Crippen molar-refractivity contribution in [1.29, 1.82) is 0 Å². The molecule has 0 radical (unpaired) electrons. The molecule has 1 atom stereocenters. The monoisotopic (exact) mass is 276 g/mol. The summed E-state index contributed by atoms with van der Waals surface area (Å²) in [5.74, 6) is 0.352. The van der Waals surface area contributed by atoms with Crippen molar-refractivity contribution in [3.63, 3.8) is 0 Å². The van der Waals surface area contributed by atoms with Crippen LogP contribution in [0.4, 0.5) is 13.2 Å². The van der Waals surface area contributed by atoms with Crippen molar-refractivity contribution in [2.45, 2.75) is 19.2 Å². The predicted octanol–water partition coefficient (Wildman–Crippen LogP) is 2.57. The fraction of sp³-hybridized carbons (Fsp3) is 0.417. The van der Waals surface area contributed by atoms with Gasteiger partial charge >= 0.3 is 6.18 Å². The number of rotatable bonds is 4. The van der Waals surface area contributed by atoms with Crippen LogP contribution in [0.25, 0.3) is 0 Å². The molecule has 0 saturated heterocycles. The van der Waals surface area contributed by atoms with Gasteiger partial charge in [0.1, 0.15) is 6.61 Å². The topological polar surface area (TPSA) is 44.8 Å². The van der Waals surface area contributed by atoms with E-state index in [0.717, 1.165) is 6.92 Å². The minimum absolute atomic E-state index is 0.0641. The maximum absolute atomic E-state index is 12.2. The van der Waals surface area contributed by atoms with Gasteiger partial charge in [0.15, 0.2) is 23.4 Å². The zero-order valence-corrected chi connectivity index (χ0v) is 9.99. The molecule has 0 bridgehead atoms. The lowest BCUT2D eigenvalue weighted by Gasteiger charge is -2.15. The Kier molecular flexibility index (Phi) is 3.66. The van der Waals surface area contributed by atoms with Gasteiger partial charge in [0.2, 0.25) is 6.79 Å². The fourth-order valence-electron chi connectivity index (χ4n) is 1.45. The Labute approximate surface area is 107 Å². The first-order valence-corrected chi connectivity index (χ1v) is 5.49. The first-order valence-electron chi connectivity index (χ1n) is 5.49. The van der Waals surface area contributed by atoms with E-state index in [0.29, 0.717) is 11.5 Å². The lowest BCUT2D eigenvalue weighted by atomic mass is 10.1. The summed E-state index contributed by atoms with van der Waals surface area (Å²) in [6.07, 6.45) is -6.46. The Morgan fingerprint density at radius 1 is 1.37 bits per heavy atom. The van der Waals surface area contributed by atoms with Gasteiger partial charge in [-0.05, 0) is 25.1 Å². The second kappa shape index (κ2) is 5.08. The van der Waals surface area contributed by atoms with Gasteiger partial charge in [-0.25, -0.2) is 0 Å². The van der Waals surface area contributed by atoms with Crippen molar-refractivity contribution < 1.29 is 32.2 Å². The summed E-state index contributed by atoms with van der Waals surface area (Å²) in [4.78, 5) is 11.7. The lowest BCUT2D eigenvalue weighted by Crippen LogP contribution is -2.30. The average molecular weight is 276 g/mol. The highest BCUT2D eigenvalue weighted by Gasteiger charge is 2.37. The van der Waals surface area contributed by atoms with Gasteiger partial charge in [0.05, 0.1) is 0 Å². The molecule has 19 heavy (non-hydrogen) atoms. The fourth-order valence-corrected chi connectivity index (χ4v) is 1.45. The van der Waals surface area contributed by atoms with Crippen molar-refractivity contribution in [3.8, 4) is 11.5 Å². The van der Waals surface area contributed by atoms with E-state index in [9.17, 15) is 18.0 Å². The minimum atomic E-state index is -4.48. The van der Waals surface area contributed by atoms with Gasteiger partial charge in [-0.1, -0.05) is 0 Å². The van der Waals surface area contributed by atoms with E-state index in [1.54, 1.807) is 0 Å². The van der Waals surface area contributed by atoms with Crippen molar-refractivity contribution >= 4 is 5.78 Å². The number of hydrogen-bond acceptors (Lipinski definition) is 4. The number of ketones is 1. The largest absolute Gasteiger partial charge is 0.454 e. The summed E-state index contributed by atoms with van der Waals surface area (Å²) in [7, 11) is 0. The second-order valence-corrected chi connectivity index (χ2v) is 3.99. The third-order valence-electron chi connectivity index (χ3n) is 2.62. The molecule has 1 aliphatic rings. The molecular weight excluding hydrogens is 265 g/mol. The van der Waals surface area contributed by atoms with E-state index in [1.807, 2.05) is 0 Å². The molecule has 1 aromatic rings. The molecule has 1 aromatic carbocycles. The molecule has 1 unspecified atom stereocenters. The predicted molar refractivity (Wildman–Crippen MR) is 58.4 cm³/mol. The highest BCUT2D eigenvalue weighted by Crippen LogP contribution is 2.32. The van der Waals surface area contributed by atoms with Crippen LogP contribution in [-0.4, -0.2) is 31.5 Å². The maximum atomic E-state index is 12.2. The SMILES string of the molecule is CC(OCC(=O)c1ccc2c(c1)OCO2)C(F)(F)F. The van der Waals surface area contributed by atoms with Gasteiger partial charge in [-0.2, -0.15) is 13.2 Å². The summed E-state index contributed by atoms with van der Waals surface area (Å²) in [5, 5.41) is 0. The smallest absolute Gasteiger partial charge is 0.414 e. The van der Waals surface area contributed by atoms with Crippen LogP contribution in [0, 0.1) is 0 Å². The van der Waals surface area contributed by atoms with Crippen LogP contribution >= 0.6 is 0 Å². The Morgan fingerprint density at radius 2 is 2.05 bits per heavy atom. The zero-order chi connectivity index (χ0) is 14.0. The molecule has 0 fully saturated rings. The van der Waals surface area contributed by atoms with Crippen molar-refractivity contribution in [1.82, 2.24) is 0 Å². The zero-order valence-electron chi connectivity index (χ0n) is 9.99. The summed E-state index contributed by atoms with van der Waals surface area (Å²) in [6.45, 7) is 0.280. The third kappa shape index (κ3) is 3.17. The number of hydrogen-bond donors (Lipinski definition) is 0. The van der Waals surface area contributed by atoms with Crippen molar-refractivity contribution in [2.24, 2.45) is 0 Å². The molecule has 0 aliphatic carbocycles. The summed E-state index contributed by atoms with van der Waals surface area (Å²) in [6, 6.07) is 4.41. The summed E-state index contributed by atoms with van der Waals surface area (Å²) in [5.41, 5.74) is 0.221. The summed E-state index contributed by atoms with van der Waals surface area (Å²) >= 11 is 0. The van der Waals surface area contributed by atoms with E-state index in [1.165, 1.54) is 18.2 Å². The third-order valence-corrected chi connectivity index (χ3v) is 2.62. The molecule has 0 saturated carbocycles. The van der Waals surface area contributed by atoms with Gasteiger partial charge in [-0.3, -0.25) is 4.79 Å². The number of ether oxygens (including phenoxy) is 3. The summed E-state index contributed by atoms with van der Waals surface area (Å²) < 4.78 is 51.3. The van der Waals surface area contributed by atoms with Crippen molar-refractivity contribution in [3.05, 3.63) is 23.8 Å². The molecule has 0 aromatic heterocycles. The van der Waals surface area contributed by atoms with Crippen LogP contribution in [0.1, 0.15) is 17.3 Å².